The van der Waals surface area contributed by atoms with Gasteiger partial charge < -0.3 is 4.90 Å². The first kappa shape index (κ1) is 28.6. The van der Waals surface area contributed by atoms with Gasteiger partial charge in [-0.25, -0.2) is 14.6 Å². The van der Waals surface area contributed by atoms with Gasteiger partial charge in [0.25, 0.3) is 11.5 Å². The summed E-state index contributed by atoms with van der Waals surface area (Å²) in [5, 5.41) is 16.9. The van der Waals surface area contributed by atoms with E-state index < -0.39 is 11.9 Å². The van der Waals surface area contributed by atoms with Gasteiger partial charge in [-0.15, -0.1) is 5.10 Å². The van der Waals surface area contributed by atoms with Crippen molar-refractivity contribution < 1.29 is 9.59 Å². The molecule has 2 aromatic carbocycles. The number of aromatic amines is 1. The molecule has 2 atom stereocenters. The predicted octanol–water partition coefficient (Wildman–Crippen LogP) is 4.66. The Kier molecular flexibility index (Phi) is 8.22. The van der Waals surface area contributed by atoms with E-state index in [2.05, 4.69) is 51.9 Å². The van der Waals surface area contributed by atoms with Crippen LogP contribution in [0.3, 0.4) is 0 Å². The van der Waals surface area contributed by atoms with Gasteiger partial charge in [0.15, 0.2) is 5.82 Å². The molecule has 6 rings (SSSR count). The Bertz CT molecular complexity index is 1650. The zero-order chi connectivity index (χ0) is 29.9. The molecule has 0 saturated carbocycles. The Morgan fingerprint density at radius 1 is 0.977 bits per heavy atom. The summed E-state index contributed by atoms with van der Waals surface area (Å²) in [6.45, 7) is 5.51. The van der Waals surface area contributed by atoms with E-state index in [4.69, 9.17) is 0 Å². The molecule has 0 bridgehead atoms. The van der Waals surface area contributed by atoms with E-state index in [1.807, 2.05) is 41.1 Å². The van der Waals surface area contributed by atoms with Crippen LogP contribution in [0.15, 0.2) is 53.3 Å². The number of urea groups is 1. The molecular formula is C32H38N8O3. The van der Waals surface area contributed by atoms with Gasteiger partial charge in [-0.05, 0) is 72.6 Å². The quantitative estimate of drug-likeness (QED) is 0.326. The third kappa shape index (κ3) is 5.63. The average molecular weight is 583 g/mol. The van der Waals surface area contributed by atoms with E-state index in [9.17, 15) is 14.4 Å². The second kappa shape index (κ2) is 12.4. The minimum atomic E-state index is -0.716. The Morgan fingerprint density at radius 3 is 2.42 bits per heavy atom. The molecule has 1 fully saturated rings. The van der Waals surface area contributed by atoms with Crippen molar-refractivity contribution in [3.63, 3.8) is 0 Å². The molecule has 2 aromatic heterocycles. The molecule has 224 valence electrons. The number of benzene rings is 2. The van der Waals surface area contributed by atoms with Crippen molar-refractivity contribution >= 4 is 11.9 Å². The van der Waals surface area contributed by atoms with Gasteiger partial charge in [0, 0.05) is 42.4 Å². The van der Waals surface area contributed by atoms with Crippen molar-refractivity contribution in [2.24, 2.45) is 0 Å². The minimum absolute atomic E-state index is 0.0781. The van der Waals surface area contributed by atoms with Gasteiger partial charge in [-0.2, -0.15) is 0 Å². The van der Waals surface area contributed by atoms with Crippen LogP contribution >= 0.6 is 0 Å². The Hall–Kier alpha value is -4.54. The van der Waals surface area contributed by atoms with Crippen molar-refractivity contribution in [2.45, 2.75) is 77.3 Å². The molecule has 0 spiro atoms. The van der Waals surface area contributed by atoms with Gasteiger partial charge in [0.2, 0.25) is 0 Å². The summed E-state index contributed by atoms with van der Waals surface area (Å²) in [4.78, 5) is 42.1. The summed E-state index contributed by atoms with van der Waals surface area (Å²) >= 11 is 0. The number of hydrogen-bond acceptors (Lipinski definition) is 6. The highest BCUT2D eigenvalue weighted by Crippen LogP contribution is 2.33. The molecule has 43 heavy (non-hydrogen) atoms. The van der Waals surface area contributed by atoms with Crippen molar-refractivity contribution in [3.8, 4) is 22.5 Å². The number of likely N-dealkylation sites (tertiary alicyclic amines) is 1. The Morgan fingerprint density at radius 2 is 1.72 bits per heavy atom. The minimum Gasteiger partial charge on any atom is -0.324 e. The number of aromatic nitrogens is 6. The number of amides is 3. The summed E-state index contributed by atoms with van der Waals surface area (Å²) in [7, 11) is 0. The number of tetrazole rings is 1. The SMILES string of the molecule is CCCc1c(Cc2ccc(-c3ccccc3-c3nnn[nH]3)cc2)c(=O)n2n1C(C)CCC2C(=O)NC(=O)N1CCCCC1. The highest BCUT2D eigenvalue weighted by Gasteiger charge is 2.36. The average Bonchev–Trinajstić information content (AvgIpc) is 3.66. The van der Waals surface area contributed by atoms with Crippen molar-refractivity contribution in [3.05, 3.63) is 75.7 Å². The number of rotatable bonds is 7. The van der Waals surface area contributed by atoms with Crippen LogP contribution in [0.25, 0.3) is 22.5 Å². The molecule has 11 nitrogen and oxygen atoms in total. The van der Waals surface area contributed by atoms with E-state index in [1.54, 1.807) is 9.58 Å². The number of nitrogens with one attached hydrogen (secondary N) is 2. The summed E-state index contributed by atoms with van der Waals surface area (Å²) in [6, 6.07) is 15.1. The molecule has 3 amide bonds. The first-order valence-electron chi connectivity index (χ1n) is 15.3. The lowest BCUT2D eigenvalue weighted by molar-refractivity contribution is -0.125. The van der Waals surface area contributed by atoms with Gasteiger partial charge in [0.05, 0.1) is 0 Å². The zero-order valence-corrected chi connectivity index (χ0v) is 24.8. The third-order valence-electron chi connectivity index (χ3n) is 8.73. The highest BCUT2D eigenvalue weighted by molar-refractivity contribution is 5.96. The lowest BCUT2D eigenvalue weighted by Gasteiger charge is -2.32. The maximum absolute atomic E-state index is 14.1. The van der Waals surface area contributed by atoms with E-state index in [0.29, 0.717) is 31.8 Å². The lowest BCUT2D eigenvalue weighted by atomic mass is 9.96. The topological polar surface area (TPSA) is 131 Å². The van der Waals surface area contributed by atoms with Crippen LogP contribution in [0.1, 0.15) is 81.3 Å². The Balaban J connectivity index is 1.29. The third-order valence-corrected chi connectivity index (χ3v) is 8.73. The van der Waals surface area contributed by atoms with Crippen LogP contribution in [0.5, 0.6) is 0 Å². The van der Waals surface area contributed by atoms with Crippen LogP contribution < -0.4 is 10.9 Å². The van der Waals surface area contributed by atoms with Gasteiger partial charge in [0.1, 0.15) is 6.04 Å². The molecule has 2 N–H and O–H groups in total. The first-order chi connectivity index (χ1) is 21.0. The molecule has 1 saturated heterocycles. The monoisotopic (exact) mass is 582 g/mol. The van der Waals surface area contributed by atoms with Gasteiger partial charge in [-0.1, -0.05) is 61.9 Å². The number of piperidine rings is 1. The molecule has 0 aliphatic carbocycles. The number of fused-ring (bicyclic) bond motifs is 1. The van der Waals surface area contributed by atoms with Crippen LogP contribution in [0.4, 0.5) is 4.79 Å². The van der Waals surface area contributed by atoms with Crippen molar-refractivity contribution in [1.29, 1.82) is 0 Å². The van der Waals surface area contributed by atoms with Crippen molar-refractivity contribution in [1.82, 2.24) is 40.2 Å². The summed E-state index contributed by atoms with van der Waals surface area (Å²) in [5.41, 5.74) is 5.48. The molecule has 11 heteroatoms. The number of nitrogens with zero attached hydrogens (tertiary/aromatic N) is 6. The largest absolute Gasteiger partial charge is 0.324 e. The fourth-order valence-electron chi connectivity index (χ4n) is 6.55. The predicted molar refractivity (Wildman–Crippen MR) is 162 cm³/mol. The van der Waals surface area contributed by atoms with Crippen LogP contribution in [-0.2, 0) is 17.6 Å². The molecule has 4 aromatic rings. The first-order valence-corrected chi connectivity index (χ1v) is 15.3. The molecule has 4 heterocycles. The summed E-state index contributed by atoms with van der Waals surface area (Å²) in [6.07, 6.45) is 6.34. The lowest BCUT2D eigenvalue weighted by Crippen LogP contribution is -2.49. The number of carbonyl (C=O) groups is 2. The van der Waals surface area contributed by atoms with Crippen LogP contribution in [0, 0.1) is 0 Å². The number of imide groups is 1. The van der Waals surface area contributed by atoms with E-state index >= 15 is 0 Å². The summed E-state index contributed by atoms with van der Waals surface area (Å²) in [5.74, 6) is 0.199. The number of carbonyl (C=O) groups excluding carboxylic acids is 2. The maximum atomic E-state index is 14.1. The van der Waals surface area contributed by atoms with Crippen LogP contribution in [0.2, 0.25) is 0 Å². The molecule has 2 unspecified atom stereocenters. The molecule has 2 aliphatic rings. The Labute approximate surface area is 250 Å². The fourth-order valence-corrected chi connectivity index (χ4v) is 6.55. The smallest absolute Gasteiger partial charge is 0.324 e. The normalized spacial score (nSPS) is 18.3. The van der Waals surface area contributed by atoms with Gasteiger partial charge >= 0.3 is 6.03 Å². The standard InChI is InChI=1S/C32H38N8O3/c1-3-9-27-26(20-22-13-15-23(16-14-22)24-10-5-6-11-25(24)29-34-36-37-35-29)31(42)40-28(17-12-21(2)39(27)40)30(41)33-32(43)38-18-7-4-8-19-38/h5-6,10-11,13-16,21,28H,3-4,7-9,12,17-20H2,1-2H3,(H,33,41,43)(H,34,35,36,37). The number of H-pyrrole nitrogens is 1. The molecule has 2 aliphatic heterocycles. The molecule has 0 radical (unpaired) electrons. The zero-order valence-electron chi connectivity index (χ0n) is 24.8. The second-order valence-electron chi connectivity index (χ2n) is 11.6. The van der Waals surface area contributed by atoms with Crippen molar-refractivity contribution in [2.75, 3.05) is 13.1 Å². The fraction of sp³-hybridized carbons (Fsp3) is 0.438. The summed E-state index contributed by atoms with van der Waals surface area (Å²) < 4.78 is 3.67. The van der Waals surface area contributed by atoms with E-state index in [1.165, 1.54) is 0 Å². The number of hydrogen-bond donors (Lipinski definition) is 2. The van der Waals surface area contributed by atoms with Crippen LogP contribution in [-0.4, -0.2) is 59.9 Å². The van der Waals surface area contributed by atoms with E-state index in [0.717, 1.165) is 72.0 Å². The maximum Gasteiger partial charge on any atom is 0.324 e. The van der Waals surface area contributed by atoms with E-state index in [-0.39, 0.29) is 17.6 Å². The highest BCUT2D eigenvalue weighted by atomic mass is 16.2. The second-order valence-corrected chi connectivity index (χ2v) is 11.6. The molecular weight excluding hydrogens is 544 g/mol. The van der Waals surface area contributed by atoms with Gasteiger partial charge in [-0.3, -0.25) is 19.6 Å².